The van der Waals surface area contributed by atoms with E-state index in [1.54, 1.807) is 0 Å². The van der Waals surface area contributed by atoms with Crippen LogP contribution in [0.1, 0.15) is 13.8 Å². The monoisotopic (exact) mass is 238 g/mol. The maximum atomic E-state index is 3.53. The van der Waals surface area contributed by atoms with Gasteiger partial charge in [-0.15, -0.1) is 0 Å². The molecule has 8 heavy (non-hydrogen) atoms. The quantitative estimate of drug-likeness (QED) is 0.450. The lowest BCUT2D eigenvalue weighted by molar-refractivity contribution is 1.01. The summed E-state index contributed by atoms with van der Waals surface area (Å²) in [7, 11) is 0. The predicted octanol–water partition coefficient (Wildman–Crippen LogP) is 3.07. The van der Waals surface area contributed by atoms with Gasteiger partial charge in [0.1, 0.15) is 3.23 Å². The summed E-state index contributed by atoms with van der Waals surface area (Å²) in [5, 5.41) is 0. The van der Waals surface area contributed by atoms with Crippen LogP contribution in [0.25, 0.3) is 0 Å². The maximum absolute atomic E-state index is 3.53. The van der Waals surface area contributed by atoms with Crippen molar-refractivity contribution < 1.29 is 0 Å². The van der Waals surface area contributed by atoms with E-state index < -0.39 is 0 Å². The van der Waals surface area contributed by atoms with Crippen LogP contribution in [-0.2, 0) is 0 Å². The number of alkyl halides is 2. The predicted molar refractivity (Wildman–Crippen MR) is 43.5 cm³/mol. The zero-order chi connectivity index (χ0) is 6.36. The number of hydrogen-bond acceptors (Lipinski definition) is 0. The van der Waals surface area contributed by atoms with Gasteiger partial charge in [0.15, 0.2) is 0 Å². The Bertz CT molecular complexity index is 135. The minimum atomic E-state index is 0.161. The van der Waals surface area contributed by atoms with E-state index in [9.17, 15) is 0 Å². The first kappa shape index (κ1) is 6.81. The second-order valence-electron chi connectivity index (χ2n) is 2.09. The summed E-state index contributed by atoms with van der Waals surface area (Å²) in [6.07, 6.45) is 2.15. The first-order valence-corrected chi connectivity index (χ1v) is 4.23. The van der Waals surface area contributed by atoms with Crippen molar-refractivity contribution in [3.05, 3.63) is 11.6 Å². The van der Waals surface area contributed by atoms with Crippen molar-refractivity contribution >= 4 is 31.9 Å². The highest BCUT2D eigenvalue weighted by atomic mass is 79.9. The number of hydrogen-bond donors (Lipinski definition) is 0. The first-order chi connectivity index (χ1) is 3.60. The topological polar surface area (TPSA) is 0 Å². The highest BCUT2D eigenvalue weighted by Crippen LogP contribution is 2.60. The molecule has 1 unspecified atom stereocenters. The summed E-state index contributed by atoms with van der Waals surface area (Å²) in [4.78, 5) is 0. The van der Waals surface area contributed by atoms with Crippen LogP contribution >= 0.6 is 31.9 Å². The molecule has 1 rings (SSSR count). The van der Waals surface area contributed by atoms with Crippen LogP contribution in [0.5, 0.6) is 0 Å². The van der Waals surface area contributed by atoms with Crippen molar-refractivity contribution in [1.29, 1.82) is 0 Å². The van der Waals surface area contributed by atoms with Gasteiger partial charge >= 0.3 is 0 Å². The molecule has 0 aromatic carbocycles. The molecule has 1 aliphatic carbocycles. The van der Waals surface area contributed by atoms with Gasteiger partial charge in [-0.05, 0) is 12.5 Å². The van der Waals surface area contributed by atoms with Gasteiger partial charge < -0.3 is 0 Å². The lowest BCUT2D eigenvalue weighted by Gasteiger charge is -1.86. The van der Waals surface area contributed by atoms with Crippen molar-refractivity contribution in [3.8, 4) is 0 Å². The molecular formula is C6H8Br2. The Morgan fingerprint density at radius 2 is 2.00 bits per heavy atom. The molecular weight excluding hydrogens is 232 g/mol. The number of halogens is 2. The van der Waals surface area contributed by atoms with Crippen LogP contribution in [0, 0.1) is 5.92 Å². The lowest BCUT2D eigenvalue weighted by atomic mass is 10.4. The van der Waals surface area contributed by atoms with E-state index in [2.05, 4.69) is 51.8 Å². The fraction of sp³-hybridized carbons (Fsp3) is 0.667. The molecule has 46 valence electrons. The van der Waals surface area contributed by atoms with Crippen LogP contribution in [-0.4, -0.2) is 3.23 Å². The fourth-order valence-corrected chi connectivity index (χ4v) is 2.29. The number of allylic oxidation sites excluding steroid dienone is 2. The van der Waals surface area contributed by atoms with E-state index in [1.807, 2.05) is 0 Å². The van der Waals surface area contributed by atoms with Gasteiger partial charge in [0.2, 0.25) is 0 Å². The summed E-state index contributed by atoms with van der Waals surface area (Å²) in [6, 6.07) is 0. The molecule has 0 spiro atoms. The molecule has 2 heteroatoms. The minimum absolute atomic E-state index is 0.161. The van der Waals surface area contributed by atoms with Gasteiger partial charge in [0.25, 0.3) is 0 Å². The van der Waals surface area contributed by atoms with Gasteiger partial charge in [0.05, 0.1) is 0 Å². The Balaban J connectivity index is 2.73. The van der Waals surface area contributed by atoms with Crippen molar-refractivity contribution in [2.24, 2.45) is 5.92 Å². The average Bonchev–Trinajstić information content (AvgIpc) is 2.09. The van der Waals surface area contributed by atoms with Gasteiger partial charge in [-0.2, -0.15) is 0 Å². The van der Waals surface area contributed by atoms with E-state index in [0.29, 0.717) is 5.92 Å². The van der Waals surface area contributed by atoms with E-state index in [-0.39, 0.29) is 3.23 Å². The summed E-state index contributed by atoms with van der Waals surface area (Å²) in [6.45, 7) is 4.26. The molecule has 1 aliphatic rings. The Kier molecular flexibility index (Phi) is 1.57. The highest BCUT2D eigenvalue weighted by Gasteiger charge is 2.52. The molecule has 0 radical (unpaired) electrons. The summed E-state index contributed by atoms with van der Waals surface area (Å²) in [5.41, 5.74) is 1.46. The SMILES string of the molecule is C/C=C1\C(C)C1(Br)Br. The Labute approximate surface area is 66.6 Å². The molecule has 0 aliphatic heterocycles. The third-order valence-electron chi connectivity index (χ3n) is 1.62. The molecule has 0 aromatic heterocycles. The maximum Gasteiger partial charge on any atom is 0.108 e. The average molecular weight is 240 g/mol. The van der Waals surface area contributed by atoms with Gasteiger partial charge in [-0.25, -0.2) is 0 Å². The summed E-state index contributed by atoms with van der Waals surface area (Å²) >= 11 is 7.05. The molecule has 0 heterocycles. The standard InChI is InChI=1S/C6H8Br2/c1-3-5-4(2)6(5,7)8/h3-4H,1-2H3/b5-3+. The van der Waals surface area contributed by atoms with Crippen molar-refractivity contribution in [2.75, 3.05) is 0 Å². The fourth-order valence-electron chi connectivity index (χ4n) is 0.877. The Hall–Kier alpha value is 0.700. The van der Waals surface area contributed by atoms with Gasteiger partial charge in [-0.3, -0.25) is 0 Å². The molecule has 0 bridgehead atoms. The minimum Gasteiger partial charge on any atom is -0.0858 e. The van der Waals surface area contributed by atoms with Crippen molar-refractivity contribution in [2.45, 2.75) is 17.1 Å². The van der Waals surface area contributed by atoms with Crippen LogP contribution < -0.4 is 0 Å². The largest absolute Gasteiger partial charge is 0.108 e. The normalized spacial score (nSPS) is 38.0. The molecule has 0 amide bonds. The summed E-state index contributed by atoms with van der Waals surface area (Å²) in [5.74, 6) is 0.674. The molecule has 1 atom stereocenters. The molecule has 1 saturated carbocycles. The number of rotatable bonds is 0. The molecule has 0 N–H and O–H groups in total. The second kappa shape index (κ2) is 1.84. The zero-order valence-electron chi connectivity index (χ0n) is 4.91. The van der Waals surface area contributed by atoms with Crippen LogP contribution in [0.3, 0.4) is 0 Å². The summed E-state index contributed by atoms with van der Waals surface area (Å²) < 4.78 is 0.161. The van der Waals surface area contributed by atoms with Crippen LogP contribution in [0.4, 0.5) is 0 Å². The third kappa shape index (κ3) is 0.781. The Morgan fingerprint density at radius 1 is 1.62 bits per heavy atom. The van der Waals surface area contributed by atoms with E-state index in [0.717, 1.165) is 0 Å². The van der Waals surface area contributed by atoms with Crippen LogP contribution in [0.15, 0.2) is 11.6 Å². The molecule has 0 aromatic rings. The van der Waals surface area contributed by atoms with Gasteiger partial charge in [0, 0.05) is 5.92 Å². The third-order valence-corrected chi connectivity index (χ3v) is 3.91. The molecule has 1 fully saturated rings. The lowest BCUT2D eigenvalue weighted by Crippen LogP contribution is -1.80. The molecule has 0 nitrogen and oxygen atoms in total. The zero-order valence-corrected chi connectivity index (χ0v) is 8.08. The van der Waals surface area contributed by atoms with E-state index in [4.69, 9.17) is 0 Å². The van der Waals surface area contributed by atoms with Crippen molar-refractivity contribution in [3.63, 3.8) is 0 Å². The first-order valence-electron chi connectivity index (χ1n) is 2.65. The van der Waals surface area contributed by atoms with Gasteiger partial charge in [-0.1, -0.05) is 44.9 Å². The molecule has 0 saturated heterocycles. The smallest absolute Gasteiger partial charge is 0.0858 e. The second-order valence-corrected chi connectivity index (χ2v) is 5.65. The van der Waals surface area contributed by atoms with Crippen molar-refractivity contribution in [1.82, 2.24) is 0 Å². The highest BCUT2D eigenvalue weighted by molar-refractivity contribution is 9.25. The van der Waals surface area contributed by atoms with Crippen LogP contribution in [0.2, 0.25) is 0 Å². The Morgan fingerprint density at radius 3 is 2.00 bits per heavy atom. The van der Waals surface area contributed by atoms with E-state index in [1.165, 1.54) is 5.57 Å². The van der Waals surface area contributed by atoms with E-state index >= 15 is 0 Å².